The summed E-state index contributed by atoms with van der Waals surface area (Å²) < 4.78 is 0. The maximum Gasteiger partial charge on any atom is 0.0112 e. The number of hydrogen-bond donors (Lipinski definition) is 0. The molecule has 1 atom stereocenters. The van der Waals surface area contributed by atoms with E-state index >= 15 is 0 Å². The van der Waals surface area contributed by atoms with E-state index in [1.165, 1.54) is 38.0 Å². The lowest BCUT2D eigenvalue weighted by Crippen LogP contribution is -2.40. The minimum atomic E-state index is 0.473. The highest BCUT2D eigenvalue weighted by Gasteiger charge is 2.29. The predicted octanol–water partition coefficient (Wildman–Crippen LogP) is 4.92. The van der Waals surface area contributed by atoms with Crippen molar-refractivity contribution in [2.75, 3.05) is 25.0 Å². The molecule has 1 nitrogen and oxygen atoms in total. The number of likely N-dealkylation sites (tertiary alicyclic amines) is 1. The first-order valence-electron chi connectivity index (χ1n) is 7.84. The van der Waals surface area contributed by atoms with E-state index in [0.29, 0.717) is 11.3 Å². The summed E-state index contributed by atoms with van der Waals surface area (Å²) in [6, 6.07) is 10.9. The molecule has 0 amide bonds. The van der Waals surface area contributed by atoms with Crippen molar-refractivity contribution in [3.63, 3.8) is 0 Å². The SMILES string of the molecule is CC(C)(C)C1CCN(CC(CBr)c2ccccc2)CC1. The number of piperidine rings is 1. The van der Waals surface area contributed by atoms with Crippen LogP contribution in [0.5, 0.6) is 0 Å². The molecule has 112 valence electrons. The molecular weight excluding hydrogens is 310 g/mol. The number of halogens is 1. The van der Waals surface area contributed by atoms with Crippen LogP contribution in [0, 0.1) is 11.3 Å². The van der Waals surface area contributed by atoms with Crippen LogP contribution in [-0.4, -0.2) is 29.9 Å². The Kier molecular flexibility index (Phi) is 5.68. The summed E-state index contributed by atoms with van der Waals surface area (Å²) in [4.78, 5) is 2.65. The summed E-state index contributed by atoms with van der Waals surface area (Å²) in [5, 5.41) is 1.05. The number of alkyl halides is 1. The molecule has 20 heavy (non-hydrogen) atoms. The van der Waals surface area contributed by atoms with Gasteiger partial charge in [-0.3, -0.25) is 0 Å². The average Bonchev–Trinajstić information content (AvgIpc) is 2.45. The number of rotatable bonds is 4. The Morgan fingerprint density at radius 1 is 1.15 bits per heavy atom. The molecule has 0 aromatic heterocycles. The Bertz CT molecular complexity index is 388. The van der Waals surface area contributed by atoms with Crippen LogP contribution in [0.1, 0.15) is 45.1 Å². The molecule has 1 saturated heterocycles. The highest BCUT2D eigenvalue weighted by atomic mass is 79.9. The van der Waals surface area contributed by atoms with Crippen molar-refractivity contribution in [1.82, 2.24) is 4.90 Å². The number of benzene rings is 1. The lowest BCUT2D eigenvalue weighted by Gasteiger charge is -2.39. The third-order valence-corrected chi connectivity index (χ3v) is 5.53. The molecule has 2 rings (SSSR count). The second kappa shape index (κ2) is 7.09. The maximum absolute atomic E-state index is 3.70. The van der Waals surface area contributed by atoms with E-state index in [-0.39, 0.29) is 0 Å². The zero-order valence-corrected chi connectivity index (χ0v) is 14.7. The van der Waals surface area contributed by atoms with Gasteiger partial charge in [0.2, 0.25) is 0 Å². The standard InChI is InChI=1S/C18H28BrN/c1-18(2,3)17-9-11-20(12-10-17)14-16(13-19)15-7-5-4-6-8-15/h4-8,16-17H,9-14H2,1-3H3. The Balaban J connectivity index is 1.88. The molecule has 1 aliphatic heterocycles. The van der Waals surface area contributed by atoms with Gasteiger partial charge in [-0.2, -0.15) is 0 Å². The molecule has 1 heterocycles. The van der Waals surface area contributed by atoms with E-state index in [4.69, 9.17) is 0 Å². The van der Waals surface area contributed by atoms with Crippen molar-refractivity contribution in [2.45, 2.75) is 39.5 Å². The first-order chi connectivity index (χ1) is 9.50. The van der Waals surface area contributed by atoms with Crippen molar-refractivity contribution in [2.24, 2.45) is 11.3 Å². The quantitative estimate of drug-likeness (QED) is 0.704. The zero-order valence-electron chi connectivity index (χ0n) is 13.1. The predicted molar refractivity (Wildman–Crippen MR) is 91.6 cm³/mol. The second-order valence-corrected chi connectivity index (χ2v) is 7.85. The number of nitrogens with zero attached hydrogens (tertiary/aromatic N) is 1. The van der Waals surface area contributed by atoms with Crippen LogP contribution < -0.4 is 0 Å². The van der Waals surface area contributed by atoms with Crippen LogP contribution in [0.15, 0.2) is 30.3 Å². The van der Waals surface area contributed by atoms with Gasteiger partial charge in [0, 0.05) is 17.8 Å². The topological polar surface area (TPSA) is 3.24 Å². The first-order valence-corrected chi connectivity index (χ1v) is 8.96. The van der Waals surface area contributed by atoms with Gasteiger partial charge in [0.1, 0.15) is 0 Å². The Hall–Kier alpha value is -0.340. The molecule has 1 unspecified atom stereocenters. The lowest BCUT2D eigenvalue weighted by atomic mass is 9.75. The zero-order chi connectivity index (χ0) is 14.6. The summed E-state index contributed by atoms with van der Waals surface area (Å²) in [6.45, 7) is 10.9. The van der Waals surface area contributed by atoms with Gasteiger partial charge in [-0.15, -0.1) is 0 Å². The molecule has 0 spiro atoms. The largest absolute Gasteiger partial charge is 0.303 e. The minimum Gasteiger partial charge on any atom is -0.303 e. The molecule has 0 aliphatic carbocycles. The van der Waals surface area contributed by atoms with Crippen molar-refractivity contribution in [1.29, 1.82) is 0 Å². The summed E-state index contributed by atoms with van der Waals surface area (Å²) in [7, 11) is 0. The molecule has 2 heteroatoms. The van der Waals surface area contributed by atoms with Gasteiger partial charge >= 0.3 is 0 Å². The summed E-state index contributed by atoms with van der Waals surface area (Å²) in [5.74, 6) is 1.50. The van der Waals surface area contributed by atoms with E-state index in [1.54, 1.807) is 0 Å². The van der Waals surface area contributed by atoms with Gasteiger partial charge in [0.05, 0.1) is 0 Å². The van der Waals surface area contributed by atoms with Crippen LogP contribution in [0.4, 0.5) is 0 Å². The molecule has 0 bridgehead atoms. The van der Waals surface area contributed by atoms with Crippen molar-refractivity contribution in [3.05, 3.63) is 35.9 Å². The molecule has 1 aromatic rings. The third-order valence-electron chi connectivity index (χ3n) is 4.75. The van der Waals surface area contributed by atoms with Gasteiger partial charge in [-0.05, 0) is 42.8 Å². The van der Waals surface area contributed by atoms with Crippen LogP contribution in [0.25, 0.3) is 0 Å². The maximum atomic E-state index is 3.70. The lowest BCUT2D eigenvalue weighted by molar-refractivity contribution is 0.109. The van der Waals surface area contributed by atoms with Crippen LogP contribution in [0.3, 0.4) is 0 Å². The van der Waals surface area contributed by atoms with Crippen LogP contribution in [0.2, 0.25) is 0 Å². The van der Waals surface area contributed by atoms with E-state index in [2.05, 4.69) is 71.9 Å². The summed E-state index contributed by atoms with van der Waals surface area (Å²) in [6.07, 6.45) is 2.71. The van der Waals surface area contributed by atoms with Crippen molar-refractivity contribution < 1.29 is 0 Å². The summed E-state index contributed by atoms with van der Waals surface area (Å²) in [5.41, 5.74) is 1.93. The van der Waals surface area contributed by atoms with Gasteiger partial charge in [0.25, 0.3) is 0 Å². The summed E-state index contributed by atoms with van der Waals surface area (Å²) >= 11 is 3.70. The first kappa shape index (κ1) is 16.0. The second-order valence-electron chi connectivity index (χ2n) is 7.20. The van der Waals surface area contributed by atoms with E-state index < -0.39 is 0 Å². The molecule has 1 aliphatic rings. The van der Waals surface area contributed by atoms with Crippen LogP contribution in [-0.2, 0) is 0 Å². The molecular formula is C18H28BrN. The van der Waals surface area contributed by atoms with Gasteiger partial charge in [-0.1, -0.05) is 67.0 Å². The highest BCUT2D eigenvalue weighted by molar-refractivity contribution is 9.09. The fourth-order valence-corrected chi connectivity index (χ4v) is 3.84. The normalized spacial score (nSPS) is 20.0. The van der Waals surface area contributed by atoms with Gasteiger partial charge in [0.15, 0.2) is 0 Å². The fourth-order valence-electron chi connectivity index (χ4n) is 3.26. The third kappa shape index (κ3) is 4.33. The molecule has 0 radical (unpaired) electrons. The monoisotopic (exact) mass is 337 g/mol. The molecule has 1 fully saturated rings. The number of hydrogen-bond acceptors (Lipinski definition) is 1. The van der Waals surface area contributed by atoms with Crippen molar-refractivity contribution in [3.8, 4) is 0 Å². The van der Waals surface area contributed by atoms with E-state index in [1.807, 2.05) is 0 Å². The van der Waals surface area contributed by atoms with E-state index in [9.17, 15) is 0 Å². The Labute approximate surface area is 132 Å². The fraction of sp³-hybridized carbons (Fsp3) is 0.667. The molecule has 0 N–H and O–H groups in total. The van der Waals surface area contributed by atoms with Gasteiger partial charge < -0.3 is 4.90 Å². The molecule has 1 aromatic carbocycles. The smallest absolute Gasteiger partial charge is 0.0112 e. The Morgan fingerprint density at radius 3 is 2.25 bits per heavy atom. The Morgan fingerprint density at radius 2 is 1.75 bits per heavy atom. The van der Waals surface area contributed by atoms with Gasteiger partial charge in [-0.25, -0.2) is 0 Å². The minimum absolute atomic E-state index is 0.473. The highest BCUT2D eigenvalue weighted by Crippen LogP contribution is 2.34. The van der Waals surface area contributed by atoms with Crippen LogP contribution >= 0.6 is 15.9 Å². The van der Waals surface area contributed by atoms with E-state index in [0.717, 1.165) is 11.2 Å². The average molecular weight is 338 g/mol. The van der Waals surface area contributed by atoms with Crippen molar-refractivity contribution >= 4 is 15.9 Å². The molecule has 0 saturated carbocycles.